The van der Waals surface area contributed by atoms with Crippen molar-refractivity contribution in [3.05, 3.63) is 23.8 Å². The van der Waals surface area contributed by atoms with Crippen molar-refractivity contribution in [3.8, 4) is 5.75 Å². The van der Waals surface area contributed by atoms with Crippen LogP contribution >= 0.6 is 0 Å². The molecule has 0 aromatic heterocycles. The minimum Gasteiger partial charge on any atom is -0.497 e. The van der Waals surface area contributed by atoms with Crippen molar-refractivity contribution in [2.24, 2.45) is 0 Å². The van der Waals surface area contributed by atoms with Crippen LogP contribution in [-0.2, 0) is 6.54 Å². The van der Waals surface area contributed by atoms with E-state index in [-0.39, 0.29) is 0 Å². The lowest BCUT2D eigenvalue weighted by Crippen LogP contribution is -2.10. The lowest BCUT2D eigenvalue weighted by atomic mass is 10.2. The number of hydrogen-bond acceptors (Lipinski definition) is 3. The number of nitrogens with zero attached hydrogens (tertiary/aromatic N) is 1. The molecular formula is C10H16N2O. The first-order valence-electron chi connectivity index (χ1n) is 4.20. The average Bonchev–Trinajstić information content (AvgIpc) is 2.01. The molecule has 0 saturated carbocycles. The SMILES string of the molecule is COc1cc(N)cc(CN(C)C)c1. The molecule has 1 rings (SSSR count). The molecule has 72 valence electrons. The van der Waals surface area contributed by atoms with Crippen molar-refractivity contribution >= 4 is 5.69 Å². The van der Waals surface area contributed by atoms with E-state index in [2.05, 4.69) is 4.90 Å². The zero-order chi connectivity index (χ0) is 9.84. The summed E-state index contributed by atoms with van der Waals surface area (Å²) in [6.07, 6.45) is 0. The van der Waals surface area contributed by atoms with Crippen LogP contribution in [0.5, 0.6) is 5.75 Å². The lowest BCUT2D eigenvalue weighted by molar-refractivity contribution is 0.395. The molecule has 0 aliphatic carbocycles. The van der Waals surface area contributed by atoms with Crippen molar-refractivity contribution in [2.45, 2.75) is 6.54 Å². The third-order valence-electron chi connectivity index (χ3n) is 1.72. The fraction of sp³-hybridized carbons (Fsp3) is 0.400. The number of ether oxygens (including phenoxy) is 1. The maximum Gasteiger partial charge on any atom is 0.121 e. The number of methoxy groups -OCH3 is 1. The first kappa shape index (κ1) is 9.86. The Morgan fingerprint density at radius 3 is 2.54 bits per heavy atom. The van der Waals surface area contributed by atoms with E-state index in [0.717, 1.165) is 18.0 Å². The van der Waals surface area contributed by atoms with Gasteiger partial charge in [-0.15, -0.1) is 0 Å². The molecule has 0 aliphatic heterocycles. The van der Waals surface area contributed by atoms with E-state index in [1.54, 1.807) is 7.11 Å². The van der Waals surface area contributed by atoms with Crippen molar-refractivity contribution in [3.63, 3.8) is 0 Å². The number of hydrogen-bond donors (Lipinski definition) is 1. The summed E-state index contributed by atoms with van der Waals surface area (Å²) in [7, 11) is 5.69. The molecule has 1 aromatic rings. The summed E-state index contributed by atoms with van der Waals surface area (Å²) in [5.74, 6) is 0.817. The van der Waals surface area contributed by atoms with E-state index in [1.165, 1.54) is 5.56 Å². The van der Waals surface area contributed by atoms with Gasteiger partial charge in [-0.1, -0.05) is 0 Å². The molecule has 0 bridgehead atoms. The second kappa shape index (κ2) is 4.14. The molecule has 0 spiro atoms. The van der Waals surface area contributed by atoms with Gasteiger partial charge in [-0.05, 0) is 31.8 Å². The van der Waals surface area contributed by atoms with Gasteiger partial charge in [-0.3, -0.25) is 0 Å². The molecule has 0 fully saturated rings. The Balaban J connectivity index is 2.88. The molecule has 0 heterocycles. The summed E-state index contributed by atoms with van der Waals surface area (Å²) in [5, 5.41) is 0. The number of nitrogens with two attached hydrogens (primary N) is 1. The van der Waals surface area contributed by atoms with Gasteiger partial charge in [0.25, 0.3) is 0 Å². The molecular weight excluding hydrogens is 164 g/mol. The normalized spacial score (nSPS) is 10.5. The summed E-state index contributed by atoms with van der Waals surface area (Å²) >= 11 is 0. The number of nitrogen functional groups attached to an aromatic ring is 1. The van der Waals surface area contributed by atoms with Crippen molar-refractivity contribution in [1.82, 2.24) is 4.90 Å². The first-order valence-corrected chi connectivity index (χ1v) is 4.20. The van der Waals surface area contributed by atoms with Crippen LogP contribution in [0.15, 0.2) is 18.2 Å². The van der Waals surface area contributed by atoms with Gasteiger partial charge in [-0.2, -0.15) is 0 Å². The predicted octanol–water partition coefficient (Wildman–Crippen LogP) is 1.34. The van der Waals surface area contributed by atoms with E-state index in [9.17, 15) is 0 Å². The lowest BCUT2D eigenvalue weighted by Gasteiger charge is -2.11. The molecule has 3 heteroatoms. The highest BCUT2D eigenvalue weighted by molar-refractivity contribution is 5.47. The molecule has 1 aromatic carbocycles. The molecule has 0 aliphatic rings. The minimum absolute atomic E-state index is 0.746. The topological polar surface area (TPSA) is 38.5 Å². The molecule has 0 saturated heterocycles. The largest absolute Gasteiger partial charge is 0.497 e. The second-order valence-electron chi connectivity index (χ2n) is 3.35. The Bertz CT molecular complexity index is 284. The molecule has 0 radical (unpaired) electrons. The number of benzene rings is 1. The van der Waals surface area contributed by atoms with E-state index in [1.807, 2.05) is 32.3 Å². The van der Waals surface area contributed by atoms with Gasteiger partial charge >= 0.3 is 0 Å². The van der Waals surface area contributed by atoms with E-state index < -0.39 is 0 Å². The van der Waals surface area contributed by atoms with Crippen LogP contribution in [0.4, 0.5) is 5.69 Å². The van der Waals surface area contributed by atoms with Crippen molar-refractivity contribution < 1.29 is 4.74 Å². The summed E-state index contributed by atoms with van der Waals surface area (Å²) in [4.78, 5) is 2.09. The molecule has 0 atom stereocenters. The molecule has 13 heavy (non-hydrogen) atoms. The summed E-state index contributed by atoms with van der Waals surface area (Å²) < 4.78 is 5.12. The van der Waals surface area contributed by atoms with Gasteiger partial charge in [0.1, 0.15) is 5.75 Å². The first-order chi connectivity index (χ1) is 6.11. The zero-order valence-corrected chi connectivity index (χ0v) is 8.37. The van der Waals surface area contributed by atoms with E-state index >= 15 is 0 Å². The Hall–Kier alpha value is -1.22. The third-order valence-corrected chi connectivity index (χ3v) is 1.72. The Morgan fingerprint density at radius 1 is 1.31 bits per heavy atom. The van der Waals surface area contributed by atoms with Gasteiger partial charge in [0.15, 0.2) is 0 Å². The standard InChI is InChI=1S/C10H16N2O/c1-12(2)7-8-4-9(11)6-10(5-8)13-3/h4-6H,7,11H2,1-3H3. The van der Waals surface area contributed by atoms with Gasteiger partial charge in [0.05, 0.1) is 7.11 Å². The highest BCUT2D eigenvalue weighted by atomic mass is 16.5. The monoisotopic (exact) mass is 180 g/mol. The zero-order valence-electron chi connectivity index (χ0n) is 8.37. The highest BCUT2D eigenvalue weighted by Gasteiger charge is 1.99. The fourth-order valence-corrected chi connectivity index (χ4v) is 1.26. The fourth-order valence-electron chi connectivity index (χ4n) is 1.26. The van der Waals surface area contributed by atoms with Crippen LogP contribution in [0.25, 0.3) is 0 Å². The molecule has 2 N–H and O–H groups in total. The van der Waals surface area contributed by atoms with Crippen molar-refractivity contribution in [1.29, 1.82) is 0 Å². The second-order valence-corrected chi connectivity index (χ2v) is 3.35. The Labute approximate surface area is 79.1 Å². The van der Waals surface area contributed by atoms with E-state index in [0.29, 0.717) is 0 Å². The third kappa shape index (κ3) is 2.95. The predicted molar refractivity (Wildman–Crippen MR) is 54.8 cm³/mol. The number of anilines is 1. The van der Waals surface area contributed by atoms with Crippen molar-refractivity contribution in [2.75, 3.05) is 26.9 Å². The van der Waals surface area contributed by atoms with Gasteiger partial charge in [-0.25, -0.2) is 0 Å². The van der Waals surface area contributed by atoms with Crippen LogP contribution < -0.4 is 10.5 Å². The Morgan fingerprint density at radius 2 is 2.00 bits per heavy atom. The molecule has 3 nitrogen and oxygen atoms in total. The van der Waals surface area contributed by atoms with Crippen LogP contribution in [0.1, 0.15) is 5.56 Å². The van der Waals surface area contributed by atoms with Gasteiger partial charge in [0.2, 0.25) is 0 Å². The Kier molecular flexibility index (Phi) is 3.14. The summed E-state index contributed by atoms with van der Waals surface area (Å²) in [6.45, 7) is 0.876. The van der Waals surface area contributed by atoms with Crippen LogP contribution in [-0.4, -0.2) is 26.1 Å². The smallest absolute Gasteiger partial charge is 0.121 e. The highest BCUT2D eigenvalue weighted by Crippen LogP contribution is 2.18. The number of rotatable bonds is 3. The molecule has 0 amide bonds. The van der Waals surface area contributed by atoms with Gasteiger partial charge in [0, 0.05) is 18.3 Å². The minimum atomic E-state index is 0.746. The quantitative estimate of drug-likeness (QED) is 0.713. The van der Waals surface area contributed by atoms with Gasteiger partial charge < -0.3 is 15.4 Å². The van der Waals surface area contributed by atoms with Crippen LogP contribution in [0, 0.1) is 0 Å². The summed E-state index contributed by atoms with van der Waals surface area (Å²) in [6, 6.07) is 5.78. The van der Waals surface area contributed by atoms with Crippen LogP contribution in [0.2, 0.25) is 0 Å². The maximum absolute atomic E-state index is 5.71. The van der Waals surface area contributed by atoms with E-state index in [4.69, 9.17) is 10.5 Å². The maximum atomic E-state index is 5.71. The molecule has 0 unspecified atom stereocenters. The van der Waals surface area contributed by atoms with Crippen LogP contribution in [0.3, 0.4) is 0 Å². The average molecular weight is 180 g/mol. The summed E-state index contributed by atoms with van der Waals surface area (Å²) in [5.41, 5.74) is 7.63.